The maximum absolute atomic E-state index is 13.8. The summed E-state index contributed by atoms with van der Waals surface area (Å²) in [6.45, 7) is 0. The van der Waals surface area contributed by atoms with Gasteiger partial charge < -0.3 is 5.32 Å². The molecular formula is C17H12F2N2OS2. The first-order chi connectivity index (χ1) is 11.6. The lowest BCUT2D eigenvalue weighted by molar-refractivity contribution is -0.113. The highest BCUT2D eigenvalue weighted by Crippen LogP contribution is 2.27. The highest BCUT2D eigenvalue weighted by Gasteiger charge is 2.12. The van der Waals surface area contributed by atoms with Crippen LogP contribution in [0.5, 0.6) is 0 Å². The number of carbonyl (C=O) groups is 1. The van der Waals surface area contributed by atoms with Crippen molar-refractivity contribution in [3.63, 3.8) is 0 Å². The Kier molecular flexibility index (Phi) is 5.22. The van der Waals surface area contributed by atoms with Crippen molar-refractivity contribution in [3.05, 3.63) is 65.5 Å². The Morgan fingerprint density at radius 1 is 1.17 bits per heavy atom. The van der Waals surface area contributed by atoms with Crippen molar-refractivity contribution in [3.8, 4) is 11.3 Å². The van der Waals surface area contributed by atoms with Gasteiger partial charge in [0.25, 0.3) is 0 Å². The number of nitrogens with one attached hydrogen (secondary N) is 1. The molecular weight excluding hydrogens is 350 g/mol. The Morgan fingerprint density at radius 3 is 2.71 bits per heavy atom. The van der Waals surface area contributed by atoms with Gasteiger partial charge in [-0.2, -0.15) is 0 Å². The molecule has 0 unspecified atom stereocenters. The molecule has 3 aromatic rings. The van der Waals surface area contributed by atoms with Gasteiger partial charge in [0, 0.05) is 21.9 Å². The second-order valence-electron chi connectivity index (χ2n) is 4.81. The Labute approximate surface area is 145 Å². The number of thioether (sulfide) groups is 1. The van der Waals surface area contributed by atoms with E-state index in [1.54, 1.807) is 5.38 Å². The first-order valence-corrected chi connectivity index (χ1v) is 8.87. The van der Waals surface area contributed by atoms with Crippen LogP contribution in [-0.4, -0.2) is 16.6 Å². The summed E-state index contributed by atoms with van der Waals surface area (Å²) in [6, 6.07) is 12.9. The fourth-order valence-corrected chi connectivity index (χ4v) is 3.42. The standard InChI is InChI=1S/C17H12F2N2OS2/c18-11-6-7-13(14(19)8-11)15-9-24-17(20-15)21-16(22)10-23-12-4-2-1-3-5-12/h1-9H,10H2,(H,20,21,22). The smallest absolute Gasteiger partial charge is 0.236 e. The third kappa shape index (κ3) is 4.18. The summed E-state index contributed by atoms with van der Waals surface area (Å²) in [6.07, 6.45) is 0. The summed E-state index contributed by atoms with van der Waals surface area (Å²) >= 11 is 2.61. The van der Waals surface area contributed by atoms with E-state index in [-0.39, 0.29) is 17.2 Å². The van der Waals surface area contributed by atoms with Crippen LogP contribution in [0, 0.1) is 11.6 Å². The molecule has 1 N–H and O–H groups in total. The molecule has 2 aromatic carbocycles. The van der Waals surface area contributed by atoms with E-state index in [1.807, 2.05) is 30.3 Å². The normalized spacial score (nSPS) is 10.6. The minimum atomic E-state index is -0.683. The summed E-state index contributed by atoms with van der Waals surface area (Å²) in [5.74, 6) is -1.26. The molecule has 3 rings (SSSR count). The molecule has 122 valence electrons. The lowest BCUT2D eigenvalue weighted by Gasteiger charge is -2.02. The van der Waals surface area contributed by atoms with Crippen molar-refractivity contribution in [2.45, 2.75) is 4.90 Å². The van der Waals surface area contributed by atoms with E-state index in [0.29, 0.717) is 10.8 Å². The zero-order valence-electron chi connectivity index (χ0n) is 12.3. The van der Waals surface area contributed by atoms with E-state index in [1.165, 1.54) is 35.2 Å². The summed E-state index contributed by atoms with van der Waals surface area (Å²) in [7, 11) is 0. The number of benzene rings is 2. The van der Waals surface area contributed by atoms with Gasteiger partial charge in [-0.05, 0) is 24.3 Å². The second-order valence-corrected chi connectivity index (χ2v) is 6.72. The SMILES string of the molecule is O=C(CSc1ccccc1)Nc1nc(-c2ccc(F)cc2F)cs1. The van der Waals surface area contributed by atoms with E-state index in [9.17, 15) is 13.6 Å². The molecule has 0 aliphatic carbocycles. The lowest BCUT2D eigenvalue weighted by atomic mass is 10.1. The van der Waals surface area contributed by atoms with Crippen molar-refractivity contribution < 1.29 is 13.6 Å². The van der Waals surface area contributed by atoms with Crippen molar-refractivity contribution in [1.82, 2.24) is 4.98 Å². The first kappa shape index (κ1) is 16.6. The van der Waals surface area contributed by atoms with Crippen LogP contribution in [0.4, 0.5) is 13.9 Å². The number of amides is 1. The van der Waals surface area contributed by atoms with E-state index >= 15 is 0 Å². The predicted molar refractivity (Wildman–Crippen MR) is 93.3 cm³/mol. The van der Waals surface area contributed by atoms with Crippen molar-refractivity contribution >= 4 is 34.1 Å². The third-order valence-corrected chi connectivity index (χ3v) is 4.84. The van der Waals surface area contributed by atoms with Crippen LogP contribution >= 0.6 is 23.1 Å². The molecule has 0 bridgehead atoms. The van der Waals surface area contributed by atoms with Gasteiger partial charge in [-0.25, -0.2) is 13.8 Å². The number of hydrogen-bond donors (Lipinski definition) is 1. The average molecular weight is 362 g/mol. The van der Waals surface area contributed by atoms with E-state index in [4.69, 9.17) is 0 Å². The van der Waals surface area contributed by atoms with Gasteiger partial charge in [0.1, 0.15) is 11.6 Å². The monoisotopic (exact) mass is 362 g/mol. The summed E-state index contributed by atoms with van der Waals surface area (Å²) in [5.41, 5.74) is 0.565. The van der Waals surface area contributed by atoms with Crippen LogP contribution < -0.4 is 5.32 Å². The maximum atomic E-state index is 13.8. The minimum absolute atomic E-state index is 0.190. The average Bonchev–Trinajstić information content (AvgIpc) is 3.02. The largest absolute Gasteiger partial charge is 0.301 e. The van der Waals surface area contributed by atoms with E-state index < -0.39 is 11.6 Å². The number of rotatable bonds is 5. The Bertz CT molecular complexity index is 853. The molecule has 0 radical (unpaired) electrons. The minimum Gasteiger partial charge on any atom is -0.301 e. The van der Waals surface area contributed by atoms with Crippen LogP contribution in [0.1, 0.15) is 0 Å². The van der Waals surface area contributed by atoms with Gasteiger partial charge in [-0.15, -0.1) is 23.1 Å². The van der Waals surface area contributed by atoms with Crippen LogP contribution in [0.2, 0.25) is 0 Å². The molecule has 1 heterocycles. The van der Waals surface area contributed by atoms with Gasteiger partial charge in [-0.1, -0.05) is 18.2 Å². The summed E-state index contributed by atoms with van der Waals surface area (Å²) < 4.78 is 26.7. The van der Waals surface area contributed by atoms with Gasteiger partial charge in [0.2, 0.25) is 5.91 Å². The number of carbonyl (C=O) groups excluding carboxylic acids is 1. The molecule has 0 aliphatic rings. The molecule has 0 saturated heterocycles. The van der Waals surface area contributed by atoms with Crippen LogP contribution in [0.25, 0.3) is 11.3 Å². The number of anilines is 1. The van der Waals surface area contributed by atoms with Crippen molar-refractivity contribution in [2.24, 2.45) is 0 Å². The number of hydrogen-bond acceptors (Lipinski definition) is 4. The zero-order chi connectivity index (χ0) is 16.9. The van der Waals surface area contributed by atoms with Gasteiger partial charge >= 0.3 is 0 Å². The van der Waals surface area contributed by atoms with E-state index in [0.717, 1.165) is 11.0 Å². The number of thiazole rings is 1. The Morgan fingerprint density at radius 2 is 1.96 bits per heavy atom. The molecule has 0 aliphatic heterocycles. The van der Waals surface area contributed by atoms with Gasteiger partial charge in [0.15, 0.2) is 5.13 Å². The Balaban J connectivity index is 1.62. The number of aromatic nitrogens is 1. The molecule has 1 aromatic heterocycles. The molecule has 0 atom stereocenters. The molecule has 24 heavy (non-hydrogen) atoms. The maximum Gasteiger partial charge on any atom is 0.236 e. The van der Waals surface area contributed by atoms with Crippen LogP contribution in [-0.2, 0) is 4.79 Å². The van der Waals surface area contributed by atoms with Crippen LogP contribution in [0.3, 0.4) is 0 Å². The third-order valence-electron chi connectivity index (χ3n) is 3.07. The van der Waals surface area contributed by atoms with Crippen molar-refractivity contribution in [1.29, 1.82) is 0 Å². The quantitative estimate of drug-likeness (QED) is 0.662. The molecule has 3 nitrogen and oxygen atoms in total. The topological polar surface area (TPSA) is 42.0 Å². The van der Waals surface area contributed by atoms with Gasteiger partial charge in [0.05, 0.1) is 11.4 Å². The fraction of sp³-hybridized carbons (Fsp3) is 0.0588. The summed E-state index contributed by atoms with van der Waals surface area (Å²) in [5, 5.41) is 4.69. The zero-order valence-corrected chi connectivity index (χ0v) is 14.0. The van der Waals surface area contributed by atoms with Crippen LogP contribution in [0.15, 0.2) is 58.8 Å². The first-order valence-electron chi connectivity index (χ1n) is 7.00. The highest BCUT2D eigenvalue weighted by molar-refractivity contribution is 8.00. The molecule has 0 saturated carbocycles. The van der Waals surface area contributed by atoms with E-state index in [2.05, 4.69) is 10.3 Å². The summed E-state index contributed by atoms with van der Waals surface area (Å²) in [4.78, 5) is 17.1. The lowest BCUT2D eigenvalue weighted by Crippen LogP contribution is -2.13. The second kappa shape index (κ2) is 7.55. The molecule has 0 fully saturated rings. The number of halogens is 2. The molecule has 1 amide bonds. The molecule has 7 heteroatoms. The van der Waals surface area contributed by atoms with Gasteiger partial charge in [-0.3, -0.25) is 4.79 Å². The molecule has 0 spiro atoms. The fourth-order valence-electron chi connectivity index (χ4n) is 1.97. The Hall–Kier alpha value is -2.25. The number of nitrogens with zero attached hydrogens (tertiary/aromatic N) is 1. The highest BCUT2D eigenvalue weighted by atomic mass is 32.2. The van der Waals surface area contributed by atoms with Crippen molar-refractivity contribution in [2.75, 3.05) is 11.1 Å². The predicted octanol–water partition coefficient (Wildman–Crippen LogP) is 4.82.